The molecule has 38 heavy (non-hydrogen) atoms. The fraction of sp³-hybridized carbons (Fsp3) is 0.259. The van der Waals surface area contributed by atoms with Crippen LogP contribution in [0.5, 0.6) is 0 Å². The maximum atomic E-state index is 14.8. The maximum absolute atomic E-state index is 14.8. The highest BCUT2D eigenvalue weighted by atomic mass is 35.5. The smallest absolute Gasteiger partial charge is 0.304 e. The Kier molecular flexibility index (Phi) is 9.84. The molecule has 0 fully saturated rings. The van der Waals surface area contributed by atoms with Gasteiger partial charge in [0.1, 0.15) is 18.4 Å². The molecule has 0 aromatic heterocycles. The number of hydrogen-bond donors (Lipinski definition) is 1. The molecule has 3 rings (SSSR count). The summed E-state index contributed by atoms with van der Waals surface area (Å²) in [7, 11) is -0.229. The number of hydrogen-bond acceptors (Lipinski definition) is 4. The minimum atomic E-state index is -4.28. The van der Waals surface area contributed by atoms with Gasteiger partial charge in [0.25, 0.3) is 0 Å². The molecule has 0 bridgehead atoms. The van der Waals surface area contributed by atoms with Crippen molar-refractivity contribution < 1.29 is 22.4 Å². The molecular weight excluding hydrogens is 531 g/mol. The molecule has 0 unspecified atom stereocenters. The Balaban J connectivity index is 2.08. The number of nitrogens with zero attached hydrogens (tertiary/aromatic N) is 3. The summed E-state index contributed by atoms with van der Waals surface area (Å²) in [6, 6.07) is 20.3. The van der Waals surface area contributed by atoms with Crippen molar-refractivity contribution >= 4 is 39.3 Å². The summed E-state index contributed by atoms with van der Waals surface area (Å²) in [6.45, 7) is -0.762. The fourth-order valence-electron chi connectivity index (χ4n) is 3.91. The van der Waals surface area contributed by atoms with Crippen LogP contribution in [0.15, 0.2) is 78.9 Å². The molecular formula is C27H30ClFN4O4S. The highest BCUT2D eigenvalue weighted by Crippen LogP contribution is 2.24. The van der Waals surface area contributed by atoms with E-state index in [1.54, 1.807) is 24.3 Å². The van der Waals surface area contributed by atoms with E-state index in [1.165, 1.54) is 44.2 Å². The van der Waals surface area contributed by atoms with Crippen molar-refractivity contribution in [3.05, 3.63) is 101 Å². The first-order valence-corrected chi connectivity index (χ1v) is 13.6. The van der Waals surface area contributed by atoms with Crippen molar-refractivity contribution in [3.8, 4) is 0 Å². The van der Waals surface area contributed by atoms with Crippen LogP contribution in [0.3, 0.4) is 0 Å². The molecule has 0 saturated heterocycles. The lowest BCUT2D eigenvalue weighted by molar-refractivity contribution is -0.139. The molecule has 1 N–H and O–H groups in total. The molecule has 0 spiro atoms. The minimum Gasteiger partial charge on any atom is -0.357 e. The normalized spacial score (nSPS) is 12.2. The third-order valence-electron chi connectivity index (χ3n) is 5.90. The molecule has 0 aliphatic rings. The van der Waals surface area contributed by atoms with Gasteiger partial charge in [0.05, 0.1) is 5.69 Å². The average Bonchev–Trinajstić information content (AvgIpc) is 2.89. The molecule has 8 nitrogen and oxygen atoms in total. The van der Waals surface area contributed by atoms with Gasteiger partial charge in [0, 0.05) is 39.1 Å². The predicted octanol–water partition coefficient (Wildman–Crippen LogP) is 3.48. The van der Waals surface area contributed by atoms with Crippen LogP contribution in [0.25, 0.3) is 0 Å². The van der Waals surface area contributed by atoms with E-state index in [1.807, 2.05) is 30.3 Å². The van der Waals surface area contributed by atoms with Gasteiger partial charge >= 0.3 is 10.2 Å². The number of benzene rings is 3. The molecule has 0 saturated carbocycles. The van der Waals surface area contributed by atoms with Crippen molar-refractivity contribution in [1.82, 2.24) is 14.5 Å². The number of nitrogens with one attached hydrogen (secondary N) is 1. The van der Waals surface area contributed by atoms with Crippen LogP contribution in [-0.2, 0) is 32.8 Å². The maximum Gasteiger partial charge on any atom is 0.304 e. The van der Waals surface area contributed by atoms with E-state index in [0.29, 0.717) is 14.9 Å². The molecule has 0 heterocycles. The number of carbonyl (C=O) groups excluding carboxylic acids is 2. The zero-order chi connectivity index (χ0) is 27.9. The number of likely N-dealkylation sites (N-methyl/N-ethyl adjacent to an activating group) is 1. The highest BCUT2D eigenvalue weighted by molar-refractivity contribution is 7.90. The van der Waals surface area contributed by atoms with Crippen LogP contribution >= 0.6 is 11.6 Å². The largest absolute Gasteiger partial charge is 0.357 e. The van der Waals surface area contributed by atoms with Crippen molar-refractivity contribution in [1.29, 1.82) is 0 Å². The summed E-state index contributed by atoms with van der Waals surface area (Å²) in [5, 5.41) is 3.04. The Hall–Kier alpha value is -3.47. The molecule has 0 radical (unpaired) electrons. The second-order valence-corrected chi connectivity index (χ2v) is 11.2. The van der Waals surface area contributed by atoms with Gasteiger partial charge in [0.15, 0.2) is 0 Å². The summed E-state index contributed by atoms with van der Waals surface area (Å²) in [6.07, 6.45) is 0.174. The van der Waals surface area contributed by atoms with Crippen molar-refractivity contribution in [3.63, 3.8) is 0 Å². The Morgan fingerprint density at radius 3 is 2.18 bits per heavy atom. The van der Waals surface area contributed by atoms with E-state index < -0.39 is 40.4 Å². The lowest BCUT2D eigenvalue weighted by Crippen LogP contribution is -2.54. The van der Waals surface area contributed by atoms with E-state index in [2.05, 4.69) is 5.32 Å². The number of para-hydroxylation sites is 1. The molecule has 202 valence electrons. The molecule has 3 aromatic rings. The van der Waals surface area contributed by atoms with E-state index in [4.69, 9.17) is 11.6 Å². The summed E-state index contributed by atoms with van der Waals surface area (Å²) < 4.78 is 42.8. The minimum absolute atomic E-state index is 0.0303. The molecule has 2 amide bonds. The van der Waals surface area contributed by atoms with E-state index in [9.17, 15) is 22.4 Å². The summed E-state index contributed by atoms with van der Waals surface area (Å²) >= 11 is 6.17. The van der Waals surface area contributed by atoms with Crippen LogP contribution in [0.1, 0.15) is 11.1 Å². The first-order chi connectivity index (χ1) is 18.0. The number of carbonyl (C=O) groups is 2. The number of halogens is 2. The fourth-order valence-corrected chi connectivity index (χ4v) is 5.19. The van der Waals surface area contributed by atoms with Crippen LogP contribution in [0.2, 0.25) is 5.02 Å². The Bertz CT molecular complexity index is 1370. The predicted molar refractivity (Wildman–Crippen MR) is 146 cm³/mol. The highest BCUT2D eigenvalue weighted by Gasteiger charge is 2.35. The second kappa shape index (κ2) is 12.9. The SMILES string of the molecule is CNC(=O)[C@H](Cc1ccccc1)N(Cc1cccc(Cl)c1)C(=O)CN(c1ccccc1F)S(=O)(=O)N(C)C. The van der Waals surface area contributed by atoms with Crippen LogP contribution in [0.4, 0.5) is 10.1 Å². The van der Waals surface area contributed by atoms with Crippen LogP contribution < -0.4 is 9.62 Å². The second-order valence-electron chi connectivity index (χ2n) is 8.72. The monoisotopic (exact) mass is 560 g/mol. The molecule has 0 aliphatic heterocycles. The summed E-state index contributed by atoms with van der Waals surface area (Å²) in [5.41, 5.74) is 1.16. The van der Waals surface area contributed by atoms with Gasteiger partial charge in [-0.3, -0.25) is 9.59 Å². The summed E-state index contributed by atoms with van der Waals surface area (Å²) in [4.78, 5) is 28.3. The Morgan fingerprint density at radius 2 is 1.58 bits per heavy atom. The molecule has 1 atom stereocenters. The standard InChI is InChI=1S/C27H30ClFN4O4S/c1-30-27(35)25(17-20-10-5-4-6-11-20)32(18-21-12-9-13-22(28)16-21)26(34)19-33(38(36,37)31(2)3)24-15-8-7-14-23(24)29/h4-16,25H,17-19H2,1-3H3,(H,30,35)/t25-/m0/s1. The number of amides is 2. The van der Waals surface area contributed by atoms with Crippen molar-refractivity contribution in [2.75, 3.05) is 32.0 Å². The third kappa shape index (κ3) is 7.09. The lowest BCUT2D eigenvalue weighted by atomic mass is 10.0. The van der Waals surface area contributed by atoms with Gasteiger partial charge in [-0.25, -0.2) is 8.70 Å². The molecule has 3 aromatic carbocycles. The van der Waals surface area contributed by atoms with Gasteiger partial charge < -0.3 is 10.2 Å². The van der Waals surface area contributed by atoms with Crippen molar-refractivity contribution in [2.45, 2.75) is 19.0 Å². The third-order valence-corrected chi connectivity index (χ3v) is 7.94. The Labute approximate surface area is 227 Å². The zero-order valence-corrected chi connectivity index (χ0v) is 22.9. The first kappa shape index (κ1) is 29.1. The van der Waals surface area contributed by atoms with E-state index >= 15 is 0 Å². The van der Waals surface area contributed by atoms with Gasteiger partial charge in [-0.05, 0) is 35.4 Å². The topological polar surface area (TPSA) is 90.0 Å². The van der Waals surface area contributed by atoms with Gasteiger partial charge in [-0.15, -0.1) is 0 Å². The summed E-state index contributed by atoms with van der Waals surface area (Å²) in [5.74, 6) is -1.93. The van der Waals surface area contributed by atoms with Gasteiger partial charge in [-0.1, -0.05) is 66.2 Å². The van der Waals surface area contributed by atoms with Gasteiger partial charge in [-0.2, -0.15) is 12.7 Å². The zero-order valence-electron chi connectivity index (χ0n) is 21.3. The number of anilines is 1. The van der Waals surface area contributed by atoms with Crippen molar-refractivity contribution in [2.24, 2.45) is 0 Å². The Morgan fingerprint density at radius 1 is 0.947 bits per heavy atom. The quantitative estimate of drug-likeness (QED) is 0.389. The van der Waals surface area contributed by atoms with Gasteiger partial charge in [0.2, 0.25) is 11.8 Å². The first-order valence-electron chi connectivity index (χ1n) is 11.8. The van der Waals surface area contributed by atoms with E-state index in [0.717, 1.165) is 15.9 Å². The molecule has 11 heteroatoms. The average molecular weight is 561 g/mol. The number of rotatable bonds is 11. The van der Waals surface area contributed by atoms with Crippen LogP contribution in [0, 0.1) is 5.82 Å². The molecule has 0 aliphatic carbocycles. The van der Waals surface area contributed by atoms with E-state index in [-0.39, 0.29) is 18.7 Å². The lowest BCUT2D eigenvalue weighted by Gasteiger charge is -2.34. The van der Waals surface area contributed by atoms with Crippen LogP contribution in [-0.4, -0.2) is 63.2 Å².